The van der Waals surface area contributed by atoms with Crippen LogP contribution in [-0.4, -0.2) is 13.2 Å². The molecule has 0 fully saturated rings. The molecule has 2 heteroatoms. The second kappa shape index (κ2) is 22.8. The SMILES string of the molecule is C.C.C=CC.C=CC.c1ccc(COCCOCc2ccccc2)cc1. The summed E-state index contributed by atoms with van der Waals surface area (Å²) in [6.07, 6.45) is 3.50. The van der Waals surface area contributed by atoms with Crippen molar-refractivity contribution in [1.82, 2.24) is 0 Å². The minimum atomic E-state index is 0. The highest BCUT2D eigenvalue weighted by Gasteiger charge is 1.94. The van der Waals surface area contributed by atoms with E-state index in [9.17, 15) is 0 Å². The number of rotatable bonds is 7. The lowest BCUT2D eigenvalue weighted by molar-refractivity contribution is 0.0339. The fourth-order valence-electron chi connectivity index (χ4n) is 1.65. The number of allylic oxidation sites excluding steroid dienone is 2. The minimum absolute atomic E-state index is 0. The summed E-state index contributed by atoms with van der Waals surface area (Å²) >= 11 is 0. The maximum Gasteiger partial charge on any atom is 0.0718 e. The van der Waals surface area contributed by atoms with Crippen LogP contribution in [0.25, 0.3) is 0 Å². The van der Waals surface area contributed by atoms with Gasteiger partial charge < -0.3 is 9.47 Å². The van der Waals surface area contributed by atoms with Crippen molar-refractivity contribution in [3.8, 4) is 0 Å². The molecule has 0 spiro atoms. The maximum absolute atomic E-state index is 5.53. The molecule has 0 N–H and O–H groups in total. The Morgan fingerprint density at radius 1 is 0.654 bits per heavy atom. The summed E-state index contributed by atoms with van der Waals surface area (Å²) in [7, 11) is 0. The van der Waals surface area contributed by atoms with Crippen LogP contribution in [0.1, 0.15) is 39.8 Å². The van der Waals surface area contributed by atoms with E-state index in [0.717, 1.165) is 0 Å². The van der Waals surface area contributed by atoms with Gasteiger partial charge >= 0.3 is 0 Å². The van der Waals surface area contributed by atoms with E-state index >= 15 is 0 Å². The highest BCUT2D eigenvalue weighted by molar-refractivity contribution is 5.14. The summed E-state index contributed by atoms with van der Waals surface area (Å²) < 4.78 is 11.1. The molecule has 2 rings (SSSR count). The van der Waals surface area contributed by atoms with Gasteiger partial charge in [-0.25, -0.2) is 0 Å². The second-order valence-electron chi connectivity index (χ2n) is 4.89. The van der Waals surface area contributed by atoms with Crippen LogP contribution >= 0.6 is 0 Å². The molecule has 0 aromatic heterocycles. The van der Waals surface area contributed by atoms with E-state index in [1.807, 2.05) is 50.2 Å². The molecule has 0 saturated heterocycles. The van der Waals surface area contributed by atoms with E-state index < -0.39 is 0 Å². The molecule has 2 nitrogen and oxygen atoms in total. The molecular weight excluding hydrogens is 320 g/mol. The molecular formula is C24H38O2. The summed E-state index contributed by atoms with van der Waals surface area (Å²) in [5.41, 5.74) is 2.39. The molecule has 0 unspecified atom stereocenters. The summed E-state index contributed by atoms with van der Waals surface area (Å²) in [6.45, 7) is 13.1. The van der Waals surface area contributed by atoms with Gasteiger partial charge in [0.25, 0.3) is 0 Å². The standard InChI is InChI=1S/C16H18O2.2C3H6.2CH4/c1-3-7-15(8-4-1)13-17-11-12-18-14-16-9-5-2-6-10-16;2*1-3-2;;/h1-10H,11-14H2;2*3H,1H2,2H3;2*1H4. The smallest absolute Gasteiger partial charge is 0.0718 e. The van der Waals surface area contributed by atoms with Crippen LogP contribution in [-0.2, 0) is 22.7 Å². The fourth-order valence-corrected chi connectivity index (χ4v) is 1.65. The lowest BCUT2D eigenvalue weighted by Crippen LogP contribution is -2.04. The lowest BCUT2D eigenvalue weighted by atomic mass is 10.2. The number of benzene rings is 2. The average Bonchev–Trinajstić information content (AvgIpc) is 2.61. The van der Waals surface area contributed by atoms with E-state index in [1.54, 1.807) is 12.2 Å². The molecule has 0 radical (unpaired) electrons. The Labute approximate surface area is 162 Å². The largest absolute Gasteiger partial charge is 0.374 e. The van der Waals surface area contributed by atoms with Crippen LogP contribution < -0.4 is 0 Å². The van der Waals surface area contributed by atoms with Crippen LogP contribution in [0.3, 0.4) is 0 Å². The van der Waals surface area contributed by atoms with Gasteiger partial charge in [0.1, 0.15) is 0 Å². The van der Waals surface area contributed by atoms with Crippen molar-refractivity contribution in [1.29, 1.82) is 0 Å². The molecule has 0 bridgehead atoms. The average molecular weight is 359 g/mol. The Balaban J connectivity index is -0.000000586. The molecule has 0 aliphatic heterocycles. The first kappa shape index (κ1) is 28.6. The first-order chi connectivity index (χ1) is 11.8. The third-order valence-corrected chi connectivity index (χ3v) is 2.60. The summed E-state index contributed by atoms with van der Waals surface area (Å²) in [5.74, 6) is 0. The molecule has 0 aliphatic rings. The van der Waals surface area contributed by atoms with Gasteiger partial charge in [-0.05, 0) is 25.0 Å². The van der Waals surface area contributed by atoms with Gasteiger partial charge in [0.05, 0.1) is 26.4 Å². The van der Waals surface area contributed by atoms with Gasteiger partial charge in [-0.3, -0.25) is 0 Å². The molecule has 2 aromatic rings. The van der Waals surface area contributed by atoms with Crippen molar-refractivity contribution in [3.05, 3.63) is 97.1 Å². The zero-order chi connectivity index (χ0) is 17.9. The van der Waals surface area contributed by atoms with Gasteiger partial charge in [-0.15, -0.1) is 13.2 Å². The quantitative estimate of drug-likeness (QED) is 0.389. The van der Waals surface area contributed by atoms with Crippen LogP contribution in [0, 0.1) is 0 Å². The van der Waals surface area contributed by atoms with Crippen molar-refractivity contribution >= 4 is 0 Å². The lowest BCUT2D eigenvalue weighted by Gasteiger charge is -2.06. The Kier molecular flexibility index (Phi) is 25.2. The normalized spacial score (nSPS) is 8.23. The van der Waals surface area contributed by atoms with E-state index in [4.69, 9.17) is 9.47 Å². The van der Waals surface area contributed by atoms with Gasteiger partial charge in [0.2, 0.25) is 0 Å². The van der Waals surface area contributed by atoms with Crippen LogP contribution in [0.5, 0.6) is 0 Å². The molecule has 0 amide bonds. The van der Waals surface area contributed by atoms with Crippen molar-refractivity contribution in [3.63, 3.8) is 0 Å². The van der Waals surface area contributed by atoms with Crippen LogP contribution in [0.4, 0.5) is 0 Å². The van der Waals surface area contributed by atoms with E-state index in [-0.39, 0.29) is 14.9 Å². The predicted molar refractivity (Wildman–Crippen MR) is 117 cm³/mol. The molecule has 2 aromatic carbocycles. The molecule has 0 heterocycles. The zero-order valence-corrected chi connectivity index (χ0v) is 15.0. The summed E-state index contributed by atoms with van der Waals surface area (Å²) in [6, 6.07) is 20.3. The van der Waals surface area contributed by atoms with Crippen LogP contribution in [0.15, 0.2) is 86.0 Å². The maximum atomic E-state index is 5.53. The van der Waals surface area contributed by atoms with Crippen molar-refractivity contribution in [2.24, 2.45) is 0 Å². The number of hydrogen-bond acceptors (Lipinski definition) is 2. The first-order valence-electron chi connectivity index (χ1n) is 8.15. The first-order valence-corrected chi connectivity index (χ1v) is 8.15. The van der Waals surface area contributed by atoms with E-state index in [1.165, 1.54) is 11.1 Å². The van der Waals surface area contributed by atoms with Crippen LogP contribution in [0.2, 0.25) is 0 Å². The van der Waals surface area contributed by atoms with Gasteiger partial charge in [-0.1, -0.05) is 87.7 Å². The number of ether oxygens (including phenoxy) is 2. The highest BCUT2D eigenvalue weighted by atomic mass is 16.5. The molecule has 0 atom stereocenters. The van der Waals surface area contributed by atoms with E-state index in [2.05, 4.69) is 37.4 Å². The molecule has 146 valence electrons. The molecule has 26 heavy (non-hydrogen) atoms. The monoisotopic (exact) mass is 358 g/mol. The Bertz CT molecular complexity index is 457. The van der Waals surface area contributed by atoms with Crippen molar-refractivity contribution in [2.75, 3.05) is 13.2 Å². The second-order valence-corrected chi connectivity index (χ2v) is 4.89. The molecule has 0 saturated carbocycles. The predicted octanol–water partition coefficient (Wildman–Crippen LogP) is 7.08. The summed E-state index contributed by atoms with van der Waals surface area (Å²) in [4.78, 5) is 0. The Morgan fingerprint density at radius 2 is 0.923 bits per heavy atom. The summed E-state index contributed by atoms with van der Waals surface area (Å²) in [5, 5.41) is 0. The topological polar surface area (TPSA) is 18.5 Å². The van der Waals surface area contributed by atoms with Crippen molar-refractivity contribution < 1.29 is 9.47 Å². The number of hydrogen-bond donors (Lipinski definition) is 0. The highest BCUT2D eigenvalue weighted by Crippen LogP contribution is 2.02. The van der Waals surface area contributed by atoms with Gasteiger partial charge in [0.15, 0.2) is 0 Å². The van der Waals surface area contributed by atoms with Crippen molar-refractivity contribution in [2.45, 2.75) is 41.9 Å². The molecule has 0 aliphatic carbocycles. The Morgan fingerprint density at radius 3 is 1.19 bits per heavy atom. The van der Waals surface area contributed by atoms with E-state index in [0.29, 0.717) is 26.4 Å². The fraction of sp³-hybridized carbons (Fsp3) is 0.333. The third kappa shape index (κ3) is 18.2. The zero-order valence-electron chi connectivity index (χ0n) is 15.0. The van der Waals surface area contributed by atoms with Gasteiger partial charge in [-0.2, -0.15) is 0 Å². The minimum Gasteiger partial charge on any atom is -0.374 e. The third-order valence-electron chi connectivity index (χ3n) is 2.60. The Hall–Kier alpha value is -2.16. The van der Waals surface area contributed by atoms with Gasteiger partial charge in [0, 0.05) is 0 Å².